The lowest BCUT2D eigenvalue weighted by Gasteiger charge is -2.31. The van der Waals surface area contributed by atoms with E-state index in [-0.39, 0.29) is 37.2 Å². The third kappa shape index (κ3) is 6.23. The minimum absolute atomic E-state index is 0.0254. The molecule has 1 fully saturated rings. The molecule has 2 aromatic carbocycles. The van der Waals surface area contributed by atoms with Gasteiger partial charge in [-0.15, -0.1) is 11.3 Å². The topological polar surface area (TPSA) is 60.9 Å². The number of ether oxygens (including phenoxy) is 3. The molecule has 1 amide bonds. The van der Waals surface area contributed by atoms with Gasteiger partial charge in [-0.05, 0) is 48.2 Å². The first-order valence-corrected chi connectivity index (χ1v) is 13.5. The van der Waals surface area contributed by atoms with Crippen LogP contribution in [0.5, 0.6) is 5.75 Å². The molecule has 11 heteroatoms. The Kier molecular flexibility index (Phi) is 8.26. The number of halogens is 4. The first-order valence-electron chi connectivity index (χ1n) is 11.8. The molecule has 2 aliphatic rings. The van der Waals surface area contributed by atoms with Crippen LogP contribution in [0.1, 0.15) is 52.4 Å². The normalized spacial score (nSPS) is 18.5. The molecule has 0 bridgehead atoms. The average molecular weight is 569 g/mol. The van der Waals surface area contributed by atoms with Crippen LogP contribution in [-0.2, 0) is 33.9 Å². The van der Waals surface area contributed by atoms with E-state index in [1.807, 2.05) is 10.3 Å². The number of piperidine rings is 1. The summed E-state index contributed by atoms with van der Waals surface area (Å²) in [6, 6.07) is 10.1. The summed E-state index contributed by atoms with van der Waals surface area (Å²) in [6.45, 7) is -1.37. The predicted octanol–water partition coefficient (Wildman–Crippen LogP) is 6.75. The summed E-state index contributed by atoms with van der Waals surface area (Å²) in [5, 5.41) is 3.96. The molecule has 0 spiro atoms. The van der Waals surface area contributed by atoms with E-state index in [1.54, 1.807) is 30.3 Å². The van der Waals surface area contributed by atoms with Crippen LogP contribution in [-0.4, -0.2) is 35.5 Å². The molecule has 5 rings (SSSR count). The molecule has 2 aliphatic heterocycles. The summed E-state index contributed by atoms with van der Waals surface area (Å²) >= 11 is 13.8. The van der Waals surface area contributed by atoms with Crippen LogP contribution in [0, 0.1) is 0 Å². The Bertz CT molecular complexity index is 1270. The van der Waals surface area contributed by atoms with Crippen LogP contribution in [0.25, 0.3) is 0 Å². The van der Waals surface area contributed by atoms with E-state index < -0.39 is 12.9 Å². The third-order valence-corrected chi connectivity index (χ3v) is 8.17. The summed E-state index contributed by atoms with van der Waals surface area (Å²) in [5.41, 5.74) is 2.67. The lowest BCUT2D eigenvalue weighted by atomic mass is 9.97. The molecule has 1 aromatic heterocycles. The van der Waals surface area contributed by atoms with Crippen molar-refractivity contribution in [1.29, 1.82) is 0 Å². The molecule has 37 heavy (non-hydrogen) atoms. The van der Waals surface area contributed by atoms with Crippen molar-refractivity contribution in [3.8, 4) is 5.75 Å². The molecule has 6 nitrogen and oxygen atoms in total. The molecule has 0 N–H and O–H groups in total. The number of aromatic nitrogens is 1. The highest BCUT2D eigenvalue weighted by Crippen LogP contribution is 2.36. The zero-order valence-corrected chi connectivity index (χ0v) is 22.0. The van der Waals surface area contributed by atoms with Gasteiger partial charge in [0.1, 0.15) is 11.4 Å². The summed E-state index contributed by atoms with van der Waals surface area (Å²) in [7, 11) is 0. The van der Waals surface area contributed by atoms with E-state index in [1.165, 1.54) is 17.4 Å². The number of hydrogen-bond acceptors (Lipinski definition) is 6. The fraction of sp³-hybridized carbons (Fsp3) is 0.385. The van der Waals surface area contributed by atoms with Crippen molar-refractivity contribution < 1.29 is 27.8 Å². The van der Waals surface area contributed by atoms with Gasteiger partial charge in [-0.3, -0.25) is 4.79 Å². The largest absolute Gasteiger partial charge is 0.434 e. The van der Waals surface area contributed by atoms with E-state index in [0.717, 1.165) is 29.0 Å². The molecular formula is C26H24Cl2F2N2O4S. The lowest BCUT2D eigenvalue weighted by molar-refractivity contribution is -0.155. The van der Waals surface area contributed by atoms with E-state index >= 15 is 0 Å². The predicted molar refractivity (Wildman–Crippen MR) is 136 cm³/mol. The fourth-order valence-electron chi connectivity index (χ4n) is 4.59. The number of alkyl halides is 2. The number of likely N-dealkylation sites (tertiary alicyclic amines) is 1. The van der Waals surface area contributed by atoms with Crippen molar-refractivity contribution in [3.63, 3.8) is 0 Å². The minimum atomic E-state index is -2.91. The molecule has 3 heterocycles. The van der Waals surface area contributed by atoms with Gasteiger partial charge < -0.3 is 19.1 Å². The zero-order valence-electron chi connectivity index (χ0n) is 19.7. The van der Waals surface area contributed by atoms with E-state index in [0.29, 0.717) is 34.4 Å². The van der Waals surface area contributed by atoms with Crippen LogP contribution in [0.2, 0.25) is 10.0 Å². The van der Waals surface area contributed by atoms with Crippen molar-refractivity contribution in [2.75, 3.05) is 13.1 Å². The number of benzene rings is 2. The van der Waals surface area contributed by atoms with Gasteiger partial charge in [0.2, 0.25) is 12.2 Å². The average Bonchev–Trinajstić information content (AvgIpc) is 3.27. The van der Waals surface area contributed by atoms with Crippen LogP contribution in [0.3, 0.4) is 0 Å². The Balaban J connectivity index is 1.17. The molecule has 1 saturated heterocycles. The van der Waals surface area contributed by atoms with Crippen molar-refractivity contribution in [3.05, 3.63) is 79.2 Å². The summed E-state index contributed by atoms with van der Waals surface area (Å²) in [5.74, 6) is 0.346. The first kappa shape index (κ1) is 26.3. The lowest BCUT2D eigenvalue weighted by Crippen LogP contribution is -2.38. The Morgan fingerprint density at radius 2 is 1.95 bits per heavy atom. The maximum Gasteiger partial charge on any atom is 0.387 e. The van der Waals surface area contributed by atoms with Crippen LogP contribution < -0.4 is 4.74 Å². The Morgan fingerprint density at radius 1 is 1.16 bits per heavy atom. The fourth-order valence-corrected chi connectivity index (χ4v) is 5.96. The van der Waals surface area contributed by atoms with E-state index in [9.17, 15) is 13.6 Å². The SMILES string of the molecule is O=C(Cc1cc(Cl)ccc1Cl)N1CCC(c2nc(C3OCc4cccc(OC(F)F)c4CO3)cs2)CC1. The highest BCUT2D eigenvalue weighted by Gasteiger charge is 2.29. The Hall–Kier alpha value is -2.30. The van der Waals surface area contributed by atoms with Gasteiger partial charge in [0.05, 0.1) is 24.6 Å². The number of carbonyl (C=O) groups is 1. The molecule has 0 saturated carbocycles. The highest BCUT2D eigenvalue weighted by molar-refractivity contribution is 7.09. The van der Waals surface area contributed by atoms with Crippen molar-refractivity contribution in [1.82, 2.24) is 9.88 Å². The van der Waals surface area contributed by atoms with Gasteiger partial charge in [0.15, 0.2) is 0 Å². The second kappa shape index (κ2) is 11.6. The highest BCUT2D eigenvalue weighted by atomic mass is 35.5. The third-order valence-electron chi connectivity index (χ3n) is 6.54. The smallest absolute Gasteiger partial charge is 0.387 e. The second-order valence-corrected chi connectivity index (χ2v) is 10.6. The molecule has 3 aromatic rings. The molecule has 1 unspecified atom stereocenters. The van der Waals surface area contributed by atoms with Crippen molar-refractivity contribution in [2.45, 2.75) is 51.3 Å². The number of rotatable bonds is 6. The number of amides is 1. The molecular weight excluding hydrogens is 545 g/mol. The van der Waals surface area contributed by atoms with Crippen molar-refractivity contribution >= 4 is 40.4 Å². The zero-order chi connectivity index (χ0) is 25.9. The number of nitrogens with zero attached hydrogens (tertiary/aromatic N) is 2. The standard InChI is InChI=1S/C26H24Cl2F2N2O4S/c27-18-4-5-20(28)17(10-18)11-23(33)32-8-6-15(7-9-32)24-31-21(14-37-24)25-34-12-16-2-1-3-22(36-26(29)30)19(16)13-35-25/h1-5,10,14-15,25-26H,6-9,11-13H2. The Labute approximate surface area is 227 Å². The molecule has 196 valence electrons. The van der Waals surface area contributed by atoms with Crippen LogP contribution in [0.4, 0.5) is 8.78 Å². The number of thiazole rings is 1. The molecule has 1 atom stereocenters. The number of fused-ring (bicyclic) bond motifs is 1. The second-order valence-electron chi connectivity index (χ2n) is 8.90. The van der Waals surface area contributed by atoms with Gasteiger partial charge in [-0.25, -0.2) is 4.98 Å². The van der Waals surface area contributed by atoms with Crippen LogP contribution in [0.15, 0.2) is 41.8 Å². The first-order chi connectivity index (χ1) is 17.9. The van der Waals surface area contributed by atoms with Gasteiger partial charge in [0.25, 0.3) is 0 Å². The minimum Gasteiger partial charge on any atom is -0.434 e. The molecule has 0 radical (unpaired) electrons. The quantitative estimate of drug-likeness (QED) is 0.329. The van der Waals surface area contributed by atoms with Gasteiger partial charge >= 0.3 is 6.61 Å². The maximum atomic E-state index is 12.8. The summed E-state index contributed by atoms with van der Waals surface area (Å²) in [4.78, 5) is 19.5. The number of hydrogen-bond donors (Lipinski definition) is 0. The summed E-state index contributed by atoms with van der Waals surface area (Å²) < 4.78 is 42.0. The molecule has 0 aliphatic carbocycles. The summed E-state index contributed by atoms with van der Waals surface area (Å²) in [6.07, 6.45) is 1.11. The Morgan fingerprint density at radius 3 is 2.73 bits per heavy atom. The number of carbonyl (C=O) groups excluding carboxylic acids is 1. The van der Waals surface area contributed by atoms with Crippen LogP contribution >= 0.6 is 34.5 Å². The van der Waals surface area contributed by atoms with E-state index in [4.69, 9.17) is 37.7 Å². The maximum absolute atomic E-state index is 12.8. The van der Waals surface area contributed by atoms with E-state index in [2.05, 4.69) is 4.74 Å². The van der Waals surface area contributed by atoms with Gasteiger partial charge in [-0.2, -0.15) is 8.78 Å². The van der Waals surface area contributed by atoms with Gasteiger partial charge in [0, 0.05) is 40.0 Å². The van der Waals surface area contributed by atoms with Gasteiger partial charge in [-0.1, -0.05) is 35.3 Å². The van der Waals surface area contributed by atoms with Crippen molar-refractivity contribution in [2.24, 2.45) is 0 Å². The monoisotopic (exact) mass is 568 g/mol.